The van der Waals surface area contributed by atoms with Crippen molar-refractivity contribution in [3.63, 3.8) is 0 Å². The van der Waals surface area contributed by atoms with E-state index in [9.17, 15) is 14.4 Å². The minimum Gasteiger partial charge on any atom is -0.361 e. The van der Waals surface area contributed by atoms with Gasteiger partial charge in [0.05, 0.1) is 12.1 Å². The molecule has 9 nitrogen and oxygen atoms in total. The van der Waals surface area contributed by atoms with E-state index in [0.29, 0.717) is 36.4 Å². The number of nitrogens with zero attached hydrogens (tertiary/aromatic N) is 3. The summed E-state index contributed by atoms with van der Waals surface area (Å²) < 4.78 is 5.00. The average Bonchev–Trinajstić information content (AvgIpc) is 3.18. The van der Waals surface area contributed by atoms with Gasteiger partial charge in [-0.05, 0) is 31.9 Å². The highest BCUT2D eigenvalue weighted by Gasteiger charge is 2.28. The first-order valence-corrected chi connectivity index (χ1v) is 10.1. The quantitative estimate of drug-likeness (QED) is 0.766. The molecule has 1 saturated heterocycles. The number of pyridine rings is 1. The molecule has 3 amide bonds. The highest BCUT2D eigenvalue weighted by atomic mass is 16.5. The van der Waals surface area contributed by atoms with Crippen molar-refractivity contribution in [3.05, 3.63) is 47.6 Å². The van der Waals surface area contributed by atoms with Gasteiger partial charge in [-0.3, -0.25) is 19.4 Å². The maximum Gasteiger partial charge on any atom is 0.253 e. The van der Waals surface area contributed by atoms with Gasteiger partial charge >= 0.3 is 0 Å². The van der Waals surface area contributed by atoms with Gasteiger partial charge in [-0.15, -0.1) is 0 Å². The molecule has 3 rings (SSSR count). The summed E-state index contributed by atoms with van der Waals surface area (Å²) in [5.41, 5.74) is 1.12. The lowest BCUT2D eigenvalue weighted by molar-refractivity contribution is -0.135. The highest BCUT2D eigenvalue weighted by Crippen LogP contribution is 2.19. The summed E-state index contributed by atoms with van der Waals surface area (Å²) in [6, 6.07) is 4.98. The summed E-state index contributed by atoms with van der Waals surface area (Å²) in [5, 5.41) is 9.69. The molecule has 2 unspecified atom stereocenters. The lowest BCUT2D eigenvalue weighted by Gasteiger charge is -2.24. The van der Waals surface area contributed by atoms with E-state index in [-0.39, 0.29) is 36.7 Å². The number of carbonyl (C=O) groups is 3. The van der Waals surface area contributed by atoms with Crippen LogP contribution in [0.2, 0.25) is 0 Å². The van der Waals surface area contributed by atoms with E-state index in [1.165, 1.54) is 6.20 Å². The third kappa shape index (κ3) is 5.88. The third-order valence-corrected chi connectivity index (χ3v) is 5.20. The number of aryl methyl sites for hydroxylation is 1. The Hall–Kier alpha value is -3.23. The van der Waals surface area contributed by atoms with E-state index in [4.69, 9.17) is 4.52 Å². The summed E-state index contributed by atoms with van der Waals surface area (Å²) in [4.78, 5) is 43.2. The van der Waals surface area contributed by atoms with Crippen LogP contribution in [0.3, 0.4) is 0 Å². The molecule has 2 aromatic rings. The number of likely N-dealkylation sites (N-methyl/N-ethyl adjacent to an activating group) is 1. The fourth-order valence-electron chi connectivity index (χ4n) is 3.53. The van der Waals surface area contributed by atoms with Gasteiger partial charge in [-0.25, -0.2) is 0 Å². The molecular formula is C21H27N5O4. The second-order valence-electron chi connectivity index (χ2n) is 7.67. The zero-order chi connectivity index (χ0) is 21.5. The topological polar surface area (TPSA) is 117 Å². The largest absolute Gasteiger partial charge is 0.361 e. The van der Waals surface area contributed by atoms with Gasteiger partial charge in [0.2, 0.25) is 11.8 Å². The SMILES string of the molecule is Cc1cc(CNC(=O)C2CCCC(NC(=O)c3cccnc3)CN(C)C(=O)C2)no1. The van der Waals surface area contributed by atoms with Crippen LogP contribution in [0.15, 0.2) is 35.1 Å². The van der Waals surface area contributed by atoms with Crippen molar-refractivity contribution in [2.45, 2.75) is 45.2 Å². The summed E-state index contributed by atoms with van der Waals surface area (Å²) in [6.07, 6.45) is 5.23. The smallest absolute Gasteiger partial charge is 0.253 e. The van der Waals surface area contributed by atoms with Gasteiger partial charge in [0, 0.05) is 50.4 Å². The van der Waals surface area contributed by atoms with Gasteiger partial charge < -0.3 is 20.1 Å². The van der Waals surface area contributed by atoms with Gasteiger partial charge in [-0.2, -0.15) is 0 Å². The molecule has 0 aliphatic carbocycles. The van der Waals surface area contributed by atoms with Gasteiger partial charge in [0.25, 0.3) is 5.91 Å². The van der Waals surface area contributed by atoms with Crippen LogP contribution in [-0.4, -0.2) is 52.4 Å². The maximum absolute atomic E-state index is 12.6. The summed E-state index contributed by atoms with van der Waals surface area (Å²) in [7, 11) is 1.70. The van der Waals surface area contributed by atoms with E-state index in [1.54, 1.807) is 43.3 Å². The standard InChI is InChI=1S/C21H27N5O4/c1-14-9-18(25-30-14)12-23-20(28)15-5-3-7-17(13-26(2)19(27)10-15)24-21(29)16-6-4-8-22-11-16/h4,6,8-9,11,15,17H,3,5,7,10,12-13H2,1-2H3,(H,23,28)(H,24,29). The Morgan fingerprint density at radius 3 is 2.87 bits per heavy atom. The summed E-state index contributed by atoms with van der Waals surface area (Å²) >= 11 is 0. The second kappa shape index (κ2) is 10.00. The van der Waals surface area contributed by atoms with E-state index in [1.807, 2.05) is 0 Å². The fourth-order valence-corrected chi connectivity index (χ4v) is 3.53. The van der Waals surface area contributed by atoms with Crippen molar-refractivity contribution in [3.8, 4) is 0 Å². The number of hydrogen-bond acceptors (Lipinski definition) is 6. The van der Waals surface area contributed by atoms with Crippen molar-refractivity contribution in [2.24, 2.45) is 5.92 Å². The van der Waals surface area contributed by atoms with E-state index in [2.05, 4.69) is 20.8 Å². The molecule has 1 aliphatic rings. The number of aromatic nitrogens is 2. The number of hydrogen-bond donors (Lipinski definition) is 2. The number of nitrogens with one attached hydrogen (secondary N) is 2. The van der Waals surface area contributed by atoms with Crippen molar-refractivity contribution in [2.75, 3.05) is 13.6 Å². The number of carbonyl (C=O) groups excluding carboxylic acids is 3. The first kappa shape index (κ1) is 21.5. The molecule has 9 heteroatoms. The number of rotatable bonds is 5. The predicted molar refractivity (Wildman–Crippen MR) is 108 cm³/mol. The molecule has 160 valence electrons. The highest BCUT2D eigenvalue weighted by molar-refractivity contribution is 5.94. The van der Waals surface area contributed by atoms with Crippen molar-refractivity contribution in [1.29, 1.82) is 0 Å². The molecule has 0 saturated carbocycles. The lowest BCUT2D eigenvalue weighted by Crippen LogP contribution is -2.44. The molecule has 1 aliphatic heterocycles. The first-order valence-electron chi connectivity index (χ1n) is 10.1. The molecule has 0 radical (unpaired) electrons. The van der Waals surface area contributed by atoms with Crippen LogP contribution < -0.4 is 10.6 Å². The third-order valence-electron chi connectivity index (χ3n) is 5.20. The van der Waals surface area contributed by atoms with Crippen LogP contribution >= 0.6 is 0 Å². The van der Waals surface area contributed by atoms with E-state index in [0.717, 1.165) is 6.42 Å². The molecule has 2 aromatic heterocycles. The second-order valence-corrected chi connectivity index (χ2v) is 7.67. The molecule has 3 heterocycles. The zero-order valence-electron chi connectivity index (χ0n) is 17.3. The normalized spacial score (nSPS) is 20.1. The molecule has 30 heavy (non-hydrogen) atoms. The molecule has 0 spiro atoms. The van der Waals surface area contributed by atoms with Crippen LogP contribution in [0.1, 0.15) is 47.5 Å². The Bertz CT molecular complexity index is 883. The van der Waals surface area contributed by atoms with Crippen LogP contribution in [0.5, 0.6) is 0 Å². The van der Waals surface area contributed by atoms with E-state index >= 15 is 0 Å². The Labute approximate surface area is 175 Å². The molecule has 1 fully saturated rings. The van der Waals surface area contributed by atoms with E-state index < -0.39 is 5.92 Å². The van der Waals surface area contributed by atoms with Gasteiger partial charge in [0.1, 0.15) is 11.5 Å². The van der Waals surface area contributed by atoms with Crippen molar-refractivity contribution < 1.29 is 18.9 Å². The monoisotopic (exact) mass is 413 g/mol. The minimum absolute atomic E-state index is 0.116. The Kier molecular flexibility index (Phi) is 7.16. The summed E-state index contributed by atoms with van der Waals surface area (Å²) in [5.74, 6) is -0.241. The Morgan fingerprint density at radius 1 is 1.33 bits per heavy atom. The fraction of sp³-hybridized carbons (Fsp3) is 0.476. The summed E-state index contributed by atoms with van der Waals surface area (Å²) in [6.45, 7) is 2.45. The van der Waals surface area contributed by atoms with Crippen molar-refractivity contribution in [1.82, 2.24) is 25.7 Å². The Balaban J connectivity index is 1.58. The molecule has 2 atom stereocenters. The first-order chi connectivity index (χ1) is 14.4. The van der Waals surface area contributed by atoms with Gasteiger partial charge in [0.15, 0.2) is 0 Å². The number of amides is 3. The molecular weight excluding hydrogens is 386 g/mol. The van der Waals surface area contributed by atoms with Crippen molar-refractivity contribution >= 4 is 17.7 Å². The minimum atomic E-state index is -0.416. The molecule has 0 aromatic carbocycles. The van der Waals surface area contributed by atoms with Crippen LogP contribution in [0, 0.1) is 12.8 Å². The molecule has 0 bridgehead atoms. The lowest BCUT2D eigenvalue weighted by atomic mass is 9.96. The maximum atomic E-state index is 12.6. The Morgan fingerprint density at radius 2 is 2.17 bits per heavy atom. The van der Waals surface area contributed by atoms with Crippen LogP contribution in [0.25, 0.3) is 0 Å². The average molecular weight is 413 g/mol. The van der Waals surface area contributed by atoms with Crippen LogP contribution in [-0.2, 0) is 16.1 Å². The zero-order valence-corrected chi connectivity index (χ0v) is 17.3. The van der Waals surface area contributed by atoms with Crippen LogP contribution in [0.4, 0.5) is 0 Å². The molecule has 2 N–H and O–H groups in total. The predicted octanol–water partition coefficient (Wildman–Crippen LogP) is 1.44. The van der Waals surface area contributed by atoms with Gasteiger partial charge in [-0.1, -0.05) is 11.6 Å².